The fourth-order valence-corrected chi connectivity index (χ4v) is 0. The van der Waals surface area contributed by atoms with Gasteiger partial charge in [-0.05, 0) is 0 Å². The summed E-state index contributed by atoms with van der Waals surface area (Å²) in [6.45, 7) is 0. The highest BCUT2D eigenvalue weighted by atomic mass is 35.5. The molecule has 0 amide bonds. The lowest BCUT2D eigenvalue weighted by molar-refractivity contribution is -0.403. The molecule has 0 N–H and O–H groups in total. The van der Waals surface area contributed by atoms with Crippen LogP contribution in [0.5, 0.6) is 0 Å². The largest absolute Gasteiger partial charge is 0.356 e. The standard InChI is InChI=1S/ClH.2NO3/c;2*2-1(3)4/h1H;;/q;2*-1. The number of hydrogen-bond donors (Lipinski definition) is 0. The maximum atomic E-state index is 8.25. The van der Waals surface area contributed by atoms with Crippen LogP contribution in [0, 0.1) is 30.6 Å². The summed E-state index contributed by atoms with van der Waals surface area (Å²) in [5, 5.41) is 29.5. The van der Waals surface area contributed by atoms with Crippen molar-refractivity contribution < 1.29 is 10.2 Å². The summed E-state index contributed by atoms with van der Waals surface area (Å²) in [4.78, 5) is 16.5. The molecule has 0 bridgehead atoms. The molecule has 0 aliphatic heterocycles. The minimum Gasteiger partial charge on any atom is -0.356 e. The molecule has 56 valence electrons. The molecule has 0 aromatic carbocycles. The van der Waals surface area contributed by atoms with E-state index >= 15 is 0 Å². The summed E-state index contributed by atoms with van der Waals surface area (Å²) in [5.41, 5.74) is 0. The van der Waals surface area contributed by atoms with Gasteiger partial charge in [0.05, 0.1) is 10.2 Å². The Morgan fingerprint density at radius 1 is 0.778 bits per heavy atom. The molecule has 0 heterocycles. The highest BCUT2D eigenvalue weighted by Crippen LogP contribution is 1.44. The number of halogens is 1. The third-order valence-electron chi connectivity index (χ3n) is 0. The highest BCUT2D eigenvalue weighted by molar-refractivity contribution is 5.85. The summed E-state index contributed by atoms with van der Waals surface area (Å²) in [6.07, 6.45) is 0. The first kappa shape index (κ1) is 15.6. The van der Waals surface area contributed by atoms with E-state index in [9.17, 15) is 0 Å². The molecular weight excluding hydrogens is 159 g/mol. The molecule has 0 unspecified atom stereocenters. The van der Waals surface area contributed by atoms with Crippen LogP contribution in [0.2, 0.25) is 0 Å². The molecule has 0 saturated heterocycles. The fourth-order valence-electron chi connectivity index (χ4n) is 0. The lowest BCUT2D eigenvalue weighted by atomic mass is 13.1. The van der Waals surface area contributed by atoms with E-state index < -0.39 is 10.2 Å². The Morgan fingerprint density at radius 2 is 0.778 bits per heavy atom. The number of nitrogens with zero attached hydrogens (tertiary/aromatic N) is 2. The predicted molar refractivity (Wildman–Crippen MR) is 28.0 cm³/mol. The minimum absolute atomic E-state index is 0. The maximum Gasteiger partial charge on any atom is 0.0689 e. The third-order valence-corrected chi connectivity index (χ3v) is 0. The van der Waals surface area contributed by atoms with Crippen molar-refractivity contribution in [2.24, 2.45) is 0 Å². The monoisotopic (exact) mass is 160 g/mol. The summed E-state index contributed by atoms with van der Waals surface area (Å²) in [6, 6.07) is 0. The summed E-state index contributed by atoms with van der Waals surface area (Å²) >= 11 is 0. The summed E-state index contributed by atoms with van der Waals surface area (Å²) in [7, 11) is 0. The Hall–Kier alpha value is -1.31. The van der Waals surface area contributed by atoms with E-state index in [1.54, 1.807) is 0 Å². The van der Waals surface area contributed by atoms with Gasteiger partial charge in [-0.25, -0.2) is 0 Å². The third kappa shape index (κ3) is 85.7. The van der Waals surface area contributed by atoms with Crippen LogP contribution < -0.4 is 0 Å². The van der Waals surface area contributed by atoms with Crippen molar-refractivity contribution in [1.29, 1.82) is 0 Å². The molecule has 9 heteroatoms. The topological polar surface area (TPSA) is 132 Å². The molecule has 0 fully saturated rings. The molecule has 0 aromatic rings. The first-order valence-corrected chi connectivity index (χ1v) is 1.10. The van der Waals surface area contributed by atoms with Crippen LogP contribution in [0.4, 0.5) is 0 Å². The number of hydrogen-bond acceptors (Lipinski definition) is 6. The lowest BCUT2D eigenvalue weighted by Gasteiger charge is -1.74. The number of rotatable bonds is 0. The van der Waals surface area contributed by atoms with Gasteiger partial charge in [0, 0.05) is 0 Å². The van der Waals surface area contributed by atoms with Crippen molar-refractivity contribution in [3.63, 3.8) is 0 Å². The zero-order chi connectivity index (χ0) is 7.15. The molecule has 0 spiro atoms. The molecule has 0 radical (unpaired) electrons. The van der Waals surface area contributed by atoms with Crippen LogP contribution in [0.1, 0.15) is 0 Å². The Labute approximate surface area is 54.3 Å². The van der Waals surface area contributed by atoms with Crippen molar-refractivity contribution in [1.82, 2.24) is 0 Å². The van der Waals surface area contributed by atoms with E-state index in [4.69, 9.17) is 30.6 Å². The van der Waals surface area contributed by atoms with Gasteiger partial charge in [0.2, 0.25) is 0 Å². The van der Waals surface area contributed by atoms with Crippen LogP contribution in [-0.2, 0) is 0 Å². The van der Waals surface area contributed by atoms with Gasteiger partial charge in [0.15, 0.2) is 0 Å². The normalized spacial score (nSPS) is 5.33. The van der Waals surface area contributed by atoms with Gasteiger partial charge in [-0.3, -0.25) is 0 Å². The quantitative estimate of drug-likeness (QED) is 0.360. The van der Waals surface area contributed by atoms with Gasteiger partial charge in [0.25, 0.3) is 0 Å². The average Bonchev–Trinajstić information content (AvgIpc) is 1.25. The van der Waals surface area contributed by atoms with Gasteiger partial charge >= 0.3 is 0 Å². The second-order valence-corrected chi connectivity index (χ2v) is 0.447. The molecular formula is HClN2O6-2. The van der Waals surface area contributed by atoms with Gasteiger partial charge in [0.1, 0.15) is 0 Å². The van der Waals surface area contributed by atoms with Crippen LogP contribution in [0.25, 0.3) is 0 Å². The predicted octanol–water partition coefficient (Wildman–Crippen LogP) is -0.0564. The molecule has 0 atom stereocenters. The Morgan fingerprint density at radius 3 is 0.778 bits per heavy atom. The van der Waals surface area contributed by atoms with Crippen LogP contribution in [-0.4, -0.2) is 10.2 Å². The Balaban J connectivity index is -0.0000000720. The minimum atomic E-state index is -1.75. The smallest absolute Gasteiger partial charge is 0.0689 e. The van der Waals surface area contributed by atoms with Crippen LogP contribution in [0.3, 0.4) is 0 Å². The molecule has 0 saturated carbocycles. The maximum absolute atomic E-state index is 8.25. The first-order valence-electron chi connectivity index (χ1n) is 1.10. The van der Waals surface area contributed by atoms with Gasteiger partial charge in [-0.15, -0.1) is 12.4 Å². The van der Waals surface area contributed by atoms with E-state index in [1.807, 2.05) is 0 Å². The highest BCUT2D eigenvalue weighted by Gasteiger charge is 1.46. The van der Waals surface area contributed by atoms with Crippen LogP contribution in [0.15, 0.2) is 0 Å². The Bertz CT molecular complexity index is 69.1. The van der Waals surface area contributed by atoms with Crippen molar-refractivity contribution in [2.45, 2.75) is 0 Å². The van der Waals surface area contributed by atoms with Crippen molar-refractivity contribution in [2.75, 3.05) is 0 Å². The van der Waals surface area contributed by atoms with Gasteiger partial charge < -0.3 is 30.6 Å². The van der Waals surface area contributed by atoms with Gasteiger partial charge in [-0.1, -0.05) is 0 Å². The van der Waals surface area contributed by atoms with Crippen molar-refractivity contribution in [3.8, 4) is 0 Å². The fraction of sp³-hybridized carbons (Fsp3) is 0. The van der Waals surface area contributed by atoms with E-state index in [1.165, 1.54) is 0 Å². The second kappa shape index (κ2) is 9.85. The molecule has 0 aromatic heterocycles. The molecule has 0 aliphatic rings. The molecule has 9 heavy (non-hydrogen) atoms. The molecule has 8 nitrogen and oxygen atoms in total. The van der Waals surface area contributed by atoms with E-state index in [0.29, 0.717) is 0 Å². The molecule has 0 rings (SSSR count). The molecule has 0 aliphatic carbocycles. The van der Waals surface area contributed by atoms with E-state index in [-0.39, 0.29) is 12.4 Å². The van der Waals surface area contributed by atoms with Gasteiger partial charge in [-0.2, -0.15) is 0 Å². The Kier molecular flexibility index (Phi) is 17.1. The first-order chi connectivity index (χ1) is 3.46. The zero-order valence-corrected chi connectivity index (χ0v) is 4.57. The van der Waals surface area contributed by atoms with E-state index in [0.717, 1.165) is 0 Å². The van der Waals surface area contributed by atoms with Crippen molar-refractivity contribution >= 4 is 12.4 Å². The van der Waals surface area contributed by atoms with Crippen LogP contribution >= 0.6 is 12.4 Å². The second-order valence-electron chi connectivity index (χ2n) is 0.447. The zero-order valence-electron chi connectivity index (χ0n) is 3.75. The van der Waals surface area contributed by atoms with E-state index in [2.05, 4.69) is 0 Å². The summed E-state index contributed by atoms with van der Waals surface area (Å²) in [5.74, 6) is 0. The SMILES string of the molecule is Cl.O=[N+]([O-])[O-].O=[N+]([O-])[O-]. The average molecular weight is 160 g/mol. The lowest BCUT2D eigenvalue weighted by Crippen LogP contribution is -1.74. The van der Waals surface area contributed by atoms with Crippen molar-refractivity contribution in [3.05, 3.63) is 30.6 Å². The summed E-state index contributed by atoms with van der Waals surface area (Å²) < 4.78 is 0.